The number of anilines is 1. The topological polar surface area (TPSA) is 85.2 Å². The van der Waals surface area contributed by atoms with E-state index in [9.17, 15) is 9.18 Å². The first-order valence-electron chi connectivity index (χ1n) is 8.99. The van der Waals surface area contributed by atoms with Gasteiger partial charge in [-0.3, -0.25) is 0 Å². The monoisotopic (exact) mass is 382 g/mol. The van der Waals surface area contributed by atoms with Gasteiger partial charge >= 0.3 is 6.03 Å². The quantitative estimate of drug-likeness (QED) is 0.750. The van der Waals surface area contributed by atoms with Gasteiger partial charge in [0.15, 0.2) is 5.82 Å². The van der Waals surface area contributed by atoms with Crippen molar-refractivity contribution < 1.29 is 13.9 Å². The first-order chi connectivity index (χ1) is 13.7. The molecule has 1 aliphatic rings. The summed E-state index contributed by atoms with van der Waals surface area (Å²) in [6.07, 6.45) is 6.05. The first kappa shape index (κ1) is 17.9. The Labute approximate surface area is 160 Å². The molecule has 3 aromatic rings. The van der Waals surface area contributed by atoms with Gasteiger partial charge in [0.1, 0.15) is 6.10 Å². The highest BCUT2D eigenvalue weighted by Crippen LogP contribution is 2.20. The van der Waals surface area contributed by atoms with Crippen LogP contribution in [0.1, 0.15) is 12.8 Å². The number of carbonyl (C=O) groups excluding carboxylic acids is 1. The van der Waals surface area contributed by atoms with Crippen LogP contribution in [0.2, 0.25) is 0 Å². The molecule has 1 saturated heterocycles. The Balaban J connectivity index is 1.36. The van der Waals surface area contributed by atoms with Crippen molar-refractivity contribution in [3.8, 4) is 11.6 Å². The lowest BCUT2D eigenvalue weighted by Crippen LogP contribution is -2.46. The molecule has 3 heterocycles. The van der Waals surface area contributed by atoms with Gasteiger partial charge in [0, 0.05) is 18.4 Å². The Morgan fingerprint density at radius 2 is 2.07 bits per heavy atom. The number of likely N-dealkylation sites (tertiary alicyclic amines) is 1. The number of hydrogen-bond acceptors (Lipinski definition) is 5. The van der Waals surface area contributed by atoms with Crippen LogP contribution in [0.3, 0.4) is 0 Å². The van der Waals surface area contributed by atoms with Crippen LogP contribution in [0.25, 0.3) is 5.69 Å². The van der Waals surface area contributed by atoms with E-state index in [1.54, 1.807) is 34.1 Å². The summed E-state index contributed by atoms with van der Waals surface area (Å²) >= 11 is 0. The molecule has 2 amide bonds. The molecule has 8 nitrogen and oxygen atoms in total. The number of ether oxygens (including phenoxy) is 1. The molecule has 1 N–H and O–H groups in total. The van der Waals surface area contributed by atoms with E-state index >= 15 is 0 Å². The number of halogens is 1. The average Bonchev–Trinajstić information content (AvgIpc) is 3.25. The average molecular weight is 382 g/mol. The number of hydrogen-bond donors (Lipinski definition) is 1. The molecule has 144 valence electrons. The van der Waals surface area contributed by atoms with Crippen molar-refractivity contribution in [2.24, 2.45) is 0 Å². The predicted molar refractivity (Wildman–Crippen MR) is 99.8 cm³/mol. The largest absolute Gasteiger partial charge is 0.470 e. The third kappa shape index (κ3) is 4.08. The van der Waals surface area contributed by atoms with Gasteiger partial charge < -0.3 is 15.0 Å². The van der Waals surface area contributed by atoms with Gasteiger partial charge in [-0.1, -0.05) is 5.21 Å². The zero-order valence-electron chi connectivity index (χ0n) is 15.0. The summed E-state index contributed by atoms with van der Waals surface area (Å²) < 4.78 is 21.0. The van der Waals surface area contributed by atoms with Crippen molar-refractivity contribution >= 4 is 11.7 Å². The van der Waals surface area contributed by atoms with E-state index in [2.05, 4.69) is 20.6 Å². The van der Waals surface area contributed by atoms with Gasteiger partial charge in [-0.05, 0) is 49.2 Å². The number of carbonyl (C=O) groups is 1. The van der Waals surface area contributed by atoms with Crippen molar-refractivity contribution in [2.45, 2.75) is 18.9 Å². The van der Waals surface area contributed by atoms with Gasteiger partial charge in [0.2, 0.25) is 0 Å². The first-order valence-corrected chi connectivity index (χ1v) is 8.99. The van der Waals surface area contributed by atoms with Crippen molar-refractivity contribution in [3.63, 3.8) is 0 Å². The van der Waals surface area contributed by atoms with Crippen molar-refractivity contribution in [2.75, 3.05) is 18.4 Å². The van der Waals surface area contributed by atoms with E-state index in [1.165, 1.54) is 18.3 Å². The third-order valence-electron chi connectivity index (χ3n) is 4.47. The number of pyridine rings is 1. The molecule has 4 rings (SSSR count). The number of urea groups is 1. The van der Waals surface area contributed by atoms with Crippen LogP contribution in [0.5, 0.6) is 5.88 Å². The second-order valence-corrected chi connectivity index (χ2v) is 6.44. The summed E-state index contributed by atoms with van der Waals surface area (Å²) in [6, 6.07) is 9.89. The van der Waals surface area contributed by atoms with E-state index in [4.69, 9.17) is 4.74 Å². The van der Waals surface area contributed by atoms with Crippen LogP contribution in [-0.2, 0) is 0 Å². The number of benzene rings is 1. The minimum atomic E-state index is -0.503. The summed E-state index contributed by atoms with van der Waals surface area (Å²) in [5.74, 6) is -0.532. The van der Waals surface area contributed by atoms with Gasteiger partial charge in [0.05, 0.1) is 24.6 Å². The van der Waals surface area contributed by atoms with Crippen LogP contribution < -0.4 is 10.1 Å². The lowest BCUT2D eigenvalue weighted by molar-refractivity contribution is 0.0987. The lowest BCUT2D eigenvalue weighted by Gasteiger charge is -2.32. The summed E-state index contributed by atoms with van der Waals surface area (Å²) in [7, 11) is 0. The van der Waals surface area contributed by atoms with Crippen molar-refractivity contribution in [1.82, 2.24) is 24.9 Å². The van der Waals surface area contributed by atoms with Gasteiger partial charge in [-0.15, -0.1) is 5.10 Å². The fourth-order valence-corrected chi connectivity index (χ4v) is 3.08. The zero-order valence-corrected chi connectivity index (χ0v) is 15.0. The van der Waals surface area contributed by atoms with E-state index < -0.39 is 5.82 Å². The number of nitrogens with one attached hydrogen (secondary N) is 1. The van der Waals surface area contributed by atoms with Gasteiger partial charge in [-0.2, -0.15) is 0 Å². The molecule has 1 atom stereocenters. The highest BCUT2D eigenvalue weighted by atomic mass is 19.1. The number of piperidine rings is 1. The summed E-state index contributed by atoms with van der Waals surface area (Å²) in [5, 5.41) is 10.6. The molecule has 1 aliphatic heterocycles. The third-order valence-corrected chi connectivity index (χ3v) is 4.47. The molecule has 9 heteroatoms. The van der Waals surface area contributed by atoms with Crippen LogP contribution in [0.4, 0.5) is 14.9 Å². The molecule has 28 heavy (non-hydrogen) atoms. The lowest BCUT2D eigenvalue weighted by atomic mass is 10.1. The molecule has 0 saturated carbocycles. The smallest absolute Gasteiger partial charge is 0.321 e. The minimum Gasteiger partial charge on any atom is -0.470 e. The Hall–Kier alpha value is -3.49. The molecule has 2 aromatic heterocycles. The molecule has 1 unspecified atom stereocenters. The second-order valence-electron chi connectivity index (χ2n) is 6.44. The van der Waals surface area contributed by atoms with Crippen molar-refractivity contribution in [3.05, 3.63) is 60.8 Å². The molecular formula is C19H19FN6O2. The predicted octanol–water partition coefficient (Wildman–Crippen LogP) is 2.88. The van der Waals surface area contributed by atoms with E-state index in [1.807, 2.05) is 12.1 Å². The molecule has 0 radical (unpaired) electrons. The van der Waals surface area contributed by atoms with Crippen LogP contribution in [0, 0.1) is 5.82 Å². The van der Waals surface area contributed by atoms with Crippen molar-refractivity contribution in [1.29, 1.82) is 0 Å². The Kier molecular flexibility index (Phi) is 5.14. The van der Waals surface area contributed by atoms with Gasteiger partial charge in [-0.25, -0.2) is 18.9 Å². The molecular weight excluding hydrogens is 363 g/mol. The summed E-state index contributed by atoms with van der Waals surface area (Å²) in [5.41, 5.74) is 1.52. The highest BCUT2D eigenvalue weighted by Gasteiger charge is 2.26. The summed E-state index contributed by atoms with van der Waals surface area (Å²) in [4.78, 5) is 18.2. The van der Waals surface area contributed by atoms with Gasteiger partial charge in [0.25, 0.3) is 5.88 Å². The normalized spacial score (nSPS) is 16.6. The Bertz CT molecular complexity index is 932. The van der Waals surface area contributed by atoms with Crippen LogP contribution >= 0.6 is 0 Å². The molecule has 0 bridgehead atoms. The maximum Gasteiger partial charge on any atom is 0.321 e. The highest BCUT2D eigenvalue weighted by molar-refractivity contribution is 5.89. The minimum absolute atomic E-state index is 0.0292. The van der Waals surface area contributed by atoms with E-state index in [0.29, 0.717) is 18.8 Å². The SMILES string of the molecule is O=C(Nc1ccc(-n2ccnn2)cc1)N1CCCC(Oc2ncccc2F)C1. The molecule has 0 aliphatic carbocycles. The maximum absolute atomic E-state index is 13.7. The number of nitrogens with zero attached hydrogens (tertiary/aromatic N) is 5. The van der Waals surface area contributed by atoms with Crippen LogP contribution in [0.15, 0.2) is 55.0 Å². The molecule has 1 aromatic carbocycles. The zero-order chi connectivity index (χ0) is 19.3. The fraction of sp³-hybridized carbons (Fsp3) is 0.263. The van der Waals surface area contributed by atoms with E-state index in [0.717, 1.165) is 18.5 Å². The Morgan fingerprint density at radius 1 is 1.21 bits per heavy atom. The van der Waals surface area contributed by atoms with Crippen LogP contribution in [-0.4, -0.2) is 50.1 Å². The Morgan fingerprint density at radius 3 is 2.82 bits per heavy atom. The fourth-order valence-electron chi connectivity index (χ4n) is 3.08. The molecule has 1 fully saturated rings. The second kappa shape index (κ2) is 8.03. The molecule has 0 spiro atoms. The number of rotatable bonds is 4. The van der Waals surface area contributed by atoms with E-state index in [-0.39, 0.29) is 18.0 Å². The summed E-state index contributed by atoms with van der Waals surface area (Å²) in [6.45, 7) is 0.992. The maximum atomic E-state index is 13.7. The standard InChI is InChI=1S/C19H19FN6O2/c20-17-4-1-9-21-18(17)28-16-3-2-11-25(13-16)19(27)23-14-5-7-15(8-6-14)26-12-10-22-24-26/h1,4-10,12,16H,2-3,11,13H2,(H,23,27). The number of aromatic nitrogens is 4. The number of amides is 2.